The lowest BCUT2D eigenvalue weighted by Gasteiger charge is -2.21. The minimum absolute atomic E-state index is 0.315. The molecule has 0 fully saturated rings. The Labute approximate surface area is 204 Å². The van der Waals surface area contributed by atoms with E-state index < -0.39 is 11.9 Å². The first-order valence-corrected chi connectivity index (χ1v) is 12.2. The van der Waals surface area contributed by atoms with Crippen molar-refractivity contribution in [3.63, 3.8) is 0 Å². The lowest BCUT2D eigenvalue weighted by molar-refractivity contribution is 0.0588. The highest BCUT2D eigenvalue weighted by Crippen LogP contribution is 2.21. The van der Waals surface area contributed by atoms with Crippen molar-refractivity contribution >= 4 is 11.9 Å². The van der Waals surface area contributed by atoms with Crippen molar-refractivity contribution in [1.82, 2.24) is 0 Å². The minimum atomic E-state index is -0.879. The Hall–Kier alpha value is -2.70. The Kier molecular flexibility index (Phi) is 18.2. The highest BCUT2D eigenvalue weighted by atomic mass is 16.4. The molecule has 0 saturated heterocycles. The smallest absolute Gasteiger partial charge is 0.335 e. The van der Waals surface area contributed by atoms with Crippen molar-refractivity contribution in [2.75, 3.05) is 0 Å². The van der Waals surface area contributed by atoms with Crippen LogP contribution in [-0.4, -0.2) is 44.6 Å². The van der Waals surface area contributed by atoms with Gasteiger partial charge in [0.1, 0.15) is 0 Å². The number of benzene rings is 2. The molecule has 0 spiro atoms. The van der Waals surface area contributed by atoms with Gasteiger partial charge in [-0.1, -0.05) is 89.3 Å². The molecule has 0 amide bonds. The molecule has 34 heavy (non-hydrogen) atoms. The Morgan fingerprint density at radius 3 is 1.29 bits per heavy atom. The van der Waals surface area contributed by atoms with Crippen LogP contribution in [0.25, 0.3) is 0 Å². The van der Waals surface area contributed by atoms with Crippen molar-refractivity contribution in [3.05, 3.63) is 71.8 Å². The van der Waals surface area contributed by atoms with Crippen molar-refractivity contribution in [1.29, 1.82) is 0 Å². The summed E-state index contributed by atoms with van der Waals surface area (Å²) >= 11 is 0. The Morgan fingerprint density at radius 2 is 1.00 bits per heavy atom. The van der Waals surface area contributed by atoms with E-state index in [1.165, 1.54) is 25.7 Å². The number of rotatable bonds is 12. The molecule has 0 bridgehead atoms. The van der Waals surface area contributed by atoms with Crippen molar-refractivity contribution < 1.29 is 30.0 Å². The van der Waals surface area contributed by atoms with Gasteiger partial charge >= 0.3 is 11.9 Å². The zero-order valence-electron chi connectivity index (χ0n) is 20.8. The monoisotopic (exact) mass is 474 g/mol. The molecular formula is C28H42O6. The van der Waals surface area contributed by atoms with E-state index in [-0.39, 0.29) is 12.2 Å². The molecule has 6 nitrogen and oxygen atoms in total. The van der Waals surface area contributed by atoms with Crippen LogP contribution < -0.4 is 0 Å². The zero-order valence-corrected chi connectivity index (χ0v) is 20.8. The summed E-state index contributed by atoms with van der Waals surface area (Å²) in [6.45, 7) is 6.45. The van der Waals surface area contributed by atoms with Gasteiger partial charge in [0.05, 0.1) is 23.3 Å². The highest BCUT2D eigenvalue weighted by molar-refractivity contribution is 5.87. The Bertz CT molecular complexity index is 707. The summed E-state index contributed by atoms with van der Waals surface area (Å²) in [5, 5.41) is 36.3. The van der Waals surface area contributed by atoms with Gasteiger partial charge in [0, 0.05) is 0 Å². The van der Waals surface area contributed by atoms with Crippen LogP contribution in [0.1, 0.15) is 92.9 Å². The summed E-state index contributed by atoms with van der Waals surface area (Å²) < 4.78 is 0. The highest BCUT2D eigenvalue weighted by Gasteiger charge is 2.16. The number of carboxylic acids is 2. The summed E-state index contributed by atoms with van der Waals surface area (Å²) in [7, 11) is 0. The SMILES string of the molecule is CCCC(O)CC(O)CC(CCC)CCC.O=C(O)c1ccccc1.O=C(O)c1ccccc1. The normalized spacial score (nSPS) is 11.9. The lowest BCUT2D eigenvalue weighted by atomic mass is 9.90. The van der Waals surface area contributed by atoms with E-state index in [2.05, 4.69) is 20.8 Å². The first kappa shape index (κ1) is 31.3. The van der Waals surface area contributed by atoms with Gasteiger partial charge in [0.25, 0.3) is 0 Å². The fourth-order valence-electron chi connectivity index (χ4n) is 3.60. The maximum Gasteiger partial charge on any atom is 0.335 e. The maximum absolute atomic E-state index is 10.2. The fourth-order valence-corrected chi connectivity index (χ4v) is 3.60. The van der Waals surface area contributed by atoms with Crippen molar-refractivity contribution in [2.24, 2.45) is 5.92 Å². The molecule has 2 aromatic rings. The summed E-state index contributed by atoms with van der Waals surface area (Å²) in [5.41, 5.74) is 0.662. The molecule has 0 radical (unpaired) electrons. The molecular weight excluding hydrogens is 432 g/mol. The number of carbonyl (C=O) groups is 2. The van der Waals surface area contributed by atoms with Gasteiger partial charge in [-0.2, -0.15) is 0 Å². The van der Waals surface area contributed by atoms with Crippen LogP contribution in [0.15, 0.2) is 60.7 Å². The molecule has 190 valence electrons. The van der Waals surface area contributed by atoms with Gasteiger partial charge in [-0.25, -0.2) is 9.59 Å². The largest absolute Gasteiger partial charge is 0.478 e. The van der Waals surface area contributed by atoms with Gasteiger partial charge in [0.2, 0.25) is 0 Å². The molecule has 2 atom stereocenters. The van der Waals surface area contributed by atoms with Gasteiger partial charge in [-0.15, -0.1) is 0 Å². The molecule has 0 heterocycles. The number of aliphatic hydroxyl groups is 2. The Balaban J connectivity index is 0.000000513. The van der Waals surface area contributed by atoms with Gasteiger partial charge in [-0.05, 0) is 49.4 Å². The molecule has 6 heteroatoms. The summed E-state index contributed by atoms with van der Waals surface area (Å²) in [4.78, 5) is 20.4. The van der Waals surface area contributed by atoms with E-state index in [0.29, 0.717) is 23.5 Å². The predicted octanol–water partition coefficient (Wildman–Crippen LogP) is 6.27. The van der Waals surface area contributed by atoms with Gasteiger partial charge in [-0.3, -0.25) is 0 Å². The van der Waals surface area contributed by atoms with E-state index in [0.717, 1.165) is 19.3 Å². The third kappa shape index (κ3) is 16.0. The van der Waals surface area contributed by atoms with E-state index in [1.54, 1.807) is 60.7 Å². The average molecular weight is 475 g/mol. The van der Waals surface area contributed by atoms with Crippen LogP contribution in [0.3, 0.4) is 0 Å². The first-order valence-electron chi connectivity index (χ1n) is 12.2. The molecule has 0 aliphatic heterocycles. The molecule has 2 rings (SSSR count). The Morgan fingerprint density at radius 1 is 0.618 bits per heavy atom. The van der Waals surface area contributed by atoms with Crippen LogP contribution in [0, 0.1) is 5.92 Å². The van der Waals surface area contributed by atoms with Crippen LogP contribution in [-0.2, 0) is 0 Å². The topological polar surface area (TPSA) is 115 Å². The van der Waals surface area contributed by atoms with Crippen LogP contribution in [0.4, 0.5) is 0 Å². The second kappa shape index (κ2) is 19.7. The quantitative estimate of drug-likeness (QED) is 0.288. The average Bonchev–Trinajstić information content (AvgIpc) is 2.81. The second-order valence-electron chi connectivity index (χ2n) is 8.35. The molecule has 2 unspecified atom stereocenters. The van der Waals surface area contributed by atoms with Crippen LogP contribution in [0.5, 0.6) is 0 Å². The molecule has 4 N–H and O–H groups in total. The zero-order chi connectivity index (χ0) is 25.8. The third-order valence-electron chi connectivity index (χ3n) is 5.21. The van der Waals surface area contributed by atoms with Crippen molar-refractivity contribution in [3.8, 4) is 0 Å². The number of carboxylic acid groups (broad SMARTS) is 2. The van der Waals surface area contributed by atoms with Crippen LogP contribution >= 0.6 is 0 Å². The predicted molar refractivity (Wildman–Crippen MR) is 136 cm³/mol. The van der Waals surface area contributed by atoms with Crippen molar-refractivity contribution in [2.45, 2.75) is 84.3 Å². The molecule has 2 aromatic carbocycles. The minimum Gasteiger partial charge on any atom is -0.478 e. The molecule has 0 aromatic heterocycles. The number of aliphatic hydroxyl groups excluding tert-OH is 2. The molecule has 0 aliphatic rings. The lowest BCUT2D eigenvalue weighted by Crippen LogP contribution is -2.20. The fraction of sp³-hybridized carbons (Fsp3) is 0.500. The summed E-state index contributed by atoms with van der Waals surface area (Å²) in [6, 6.07) is 16.6. The number of aromatic carboxylic acids is 2. The molecule has 0 aliphatic carbocycles. The number of hydrogen-bond acceptors (Lipinski definition) is 4. The number of hydrogen-bond donors (Lipinski definition) is 4. The summed E-state index contributed by atoms with van der Waals surface area (Å²) in [6.07, 6.45) is 7.37. The second-order valence-corrected chi connectivity index (χ2v) is 8.35. The van der Waals surface area contributed by atoms with Gasteiger partial charge < -0.3 is 20.4 Å². The van der Waals surface area contributed by atoms with E-state index >= 15 is 0 Å². The molecule has 0 saturated carbocycles. The maximum atomic E-state index is 10.2. The van der Waals surface area contributed by atoms with E-state index in [9.17, 15) is 19.8 Å². The van der Waals surface area contributed by atoms with E-state index in [4.69, 9.17) is 10.2 Å². The van der Waals surface area contributed by atoms with Gasteiger partial charge in [0.15, 0.2) is 0 Å². The standard InChI is InChI=1S/C14H30O2.2C7H6O2/c1-4-7-12(8-5-2)10-14(16)11-13(15)9-6-3;2*8-7(9)6-4-2-1-3-5-6/h12-16H,4-11H2,1-3H3;2*1-5H,(H,8,9). The summed E-state index contributed by atoms with van der Waals surface area (Å²) in [5.74, 6) is -1.12. The third-order valence-corrected chi connectivity index (χ3v) is 5.21. The van der Waals surface area contributed by atoms with Crippen LogP contribution in [0.2, 0.25) is 0 Å². The first-order chi connectivity index (χ1) is 16.2. The van der Waals surface area contributed by atoms with E-state index in [1.807, 2.05) is 0 Å².